The van der Waals surface area contributed by atoms with E-state index in [0.717, 1.165) is 16.7 Å². The van der Waals surface area contributed by atoms with Crippen LogP contribution in [0.1, 0.15) is 54.5 Å². The van der Waals surface area contributed by atoms with Crippen LogP contribution in [0.15, 0.2) is 114 Å². The maximum atomic E-state index is 13.0. The first-order valence-corrected chi connectivity index (χ1v) is 15.7. The van der Waals surface area contributed by atoms with Crippen LogP contribution < -0.4 is 4.72 Å². The fourth-order valence-corrected chi connectivity index (χ4v) is 6.39. The molecule has 0 aromatic heterocycles. The molecule has 5 atom stereocenters. The number of anilines is 1. The van der Waals surface area contributed by atoms with E-state index in [4.69, 9.17) is 9.47 Å². The van der Waals surface area contributed by atoms with Gasteiger partial charge in [-0.15, -0.1) is 0 Å². The molecule has 1 aliphatic rings. The second-order valence-electron chi connectivity index (χ2n) is 10.9. The van der Waals surface area contributed by atoms with Crippen molar-refractivity contribution in [3.63, 3.8) is 0 Å². The molecular weight excluding hydrogens is 548 g/mol. The van der Waals surface area contributed by atoms with Crippen molar-refractivity contribution in [3.05, 3.63) is 131 Å². The lowest BCUT2D eigenvalue weighted by Crippen LogP contribution is -2.44. The average Bonchev–Trinajstić information content (AvgIpc) is 3.02. The summed E-state index contributed by atoms with van der Waals surface area (Å²) in [5, 5.41) is 9.54. The van der Waals surface area contributed by atoms with Crippen molar-refractivity contribution in [2.75, 3.05) is 18.3 Å². The number of benzene rings is 4. The van der Waals surface area contributed by atoms with Gasteiger partial charge >= 0.3 is 0 Å². The molecule has 1 heterocycles. The Morgan fingerprint density at radius 2 is 1.52 bits per heavy atom. The van der Waals surface area contributed by atoms with E-state index >= 15 is 0 Å². The quantitative estimate of drug-likeness (QED) is 0.222. The normalized spacial score (nSPS) is 21.6. The van der Waals surface area contributed by atoms with Crippen molar-refractivity contribution >= 4 is 15.7 Å². The first-order valence-electron chi connectivity index (χ1n) is 14.2. The summed E-state index contributed by atoms with van der Waals surface area (Å²) in [6.45, 7) is 4.97. The zero-order chi connectivity index (χ0) is 29.7. The summed E-state index contributed by atoms with van der Waals surface area (Å²) in [4.78, 5) is 2.48. The van der Waals surface area contributed by atoms with E-state index in [-0.39, 0.29) is 35.7 Å². The van der Waals surface area contributed by atoms with E-state index in [1.165, 1.54) is 5.56 Å². The van der Waals surface area contributed by atoms with Gasteiger partial charge in [-0.05, 0) is 54.9 Å². The van der Waals surface area contributed by atoms with Crippen LogP contribution >= 0.6 is 0 Å². The number of nitrogens with zero attached hydrogens (tertiary/aromatic N) is 1. The maximum absolute atomic E-state index is 13.0. The first kappa shape index (κ1) is 29.9. The van der Waals surface area contributed by atoms with Crippen LogP contribution in [0.3, 0.4) is 0 Å². The van der Waals surface area contributed by atoms with Crippen molar-refractivity contribution < 1.29 is 23.0 Å². The van der Waals surface area contributed by atoms with E-state index < -0.39 is 16.3 Å². The molecule has 42 heavy (non-hydrogen) atoms. The van der Waals surface area contributed by atoms with E-state index in [9.17, 15) is 13.5 Å². The Bertz CT molecular complexity index is 1550. The highest BCUT2D eigenvalue weighted by atomic mass is 32.2. The van der Waals surface area contributed by atoms with Gasteiger partial charge in [0.2, 0.25) is 0 Å². The zero-order valence-corrected chi connectivity index (χ0v) is 24.9. The Hall–Kier alpha value is -3.53. The average molecular weight is 587 g/mol. The number of aliphatic hydroxyl groups is 1. The van der Waals surface area contributed by atoms with Gasteiger partial charge in [-0.2, -0.15) is 0 Å². The number of rotatable bonds is 10. The van der Waals surface area contributed by atoms with Gasteiger partial charge in [-0.25, -0.2) is 8.42 Å². The standard InChI is InChI=1S/C34H38N2O5S/c1-24-32(22-36(3)25(2)27-11-6-4-7-12-27)40-34(41-33(24)28-19-17-26(23-37)18-20-28)29-13-10-14-30(21-29)35-42(38,39)31-15-8-5-9-16-31/h4-21,24-25,32-35,37H,22-23H2,1-3H3/t24-,25+,32+,33+,34+/m1/s1. The van der Waals surface area contributed by atoms with Gasteiger partial charge in [0.15, 0.2) is 6.29 Å². The summed E-state index contributed by atoms with van der Waals surface area (Å²) in [6, 6.07) is 33.8. The molecule has 8 heteroatoms. The molecular formula is C34H38N2O5S. The fraction of sp³-hybridized carbons (Fsp3) is 0.294. The molecule has 0 aliphatic carbocycles. The summed E-state index contributed by atoms with van der Waals surface area (Å²) in [5.41, 5.74) is 4.21. The molecule has 0 unspecified atom stereocenters. The molecule has 0 bridgehead atoms. The fourth-order valence-electron chi connectivity index (χ4n) is 5.32. The minimum Gasteiger partial charge on any atom is -0.392 e. The lowest BCUT2D eigenvalue weighted by atomic mass is 9.89. The minimum atomic E-state index is -3.75. The summed E-state index contributed by atoms with van der Waals surface area (Å²) in [5.74, 6) is 0.0198. The van der Waals surface area contributed by atoms with E-state index in [1.54, 1.807) is 48.5 Å². The lowest BCUT2D eigenvalue weighted by Gasteiger charge is -2.43. The highest BCUT2D eigenvalue weighted by Gasteiger charge is 2.39. The Kier molecular flexibility index (Phi) is 9.40. The number of hydrogen-bond donors (Lipinski definition) is 2. The van der Waals surface area contributed by atoms with E-state index in [1.807, 2.05) is 48.5 Å². The third-order valence-electron chi connectivity index (χ3n) is 8.00. The summed E-state index contributed by atoms with van der Waals surface area (Å²) < 4.78 is 41.9. The Labute approximate surface area is 248 Å². The molecule has 1 fully saturated rings. The molecule has 4 aromatic carbocycles. The molecule has 0 saturated carbocycles. The van der Waals surface area contributed by atoms with Gasteiger partial charge in [0.25, 0.3) is 10.0 Å². The molecule has 0 spiro atoms. The van der Waals surface area contributed by atoms with Crippen LogP contribution in [-0.4, -0.2) is 38.1 Å². The molecule has 0 radical (unpaired) electrons. The topological polar surface area (TPSA) is 88.1 Å². The van der Waals surface area contributed by atoms with Gasteiger partial charge in [0.05, 0.1) is 23.7 Å². The van der Waals surface area contributed by atoms with E-state index in [2.05, 4.69) is 42.6 Å². The van der Waals surface area contributed by atoms with Crippen LogP contribution in [0, 0.1) is 5.92 Å². The molecule has 2 N–H and O–H groups in total. The highest BCUT2D eigenvalue weighted by Crippen LogP contribution is 2.42. The van der Waals surface area contributed by atoms with Crippen molar-refractivity contribution in [2.45, 2.75) is 49.9 Å². The van der Waals surface area contributed by atoms with Gasteiger partial charge in [0, 0.05) is 29.8 Å². The van der Waals surface area contributed by atoms with E-state index in [0.29, 0.717) is 12.2 Å². The highest BCUT2D eigenvalue weighted by molar-refractivity contribution is 7.92. The second-order valence-corrected chi connectivity index (χ2v) is 12.6. The monoisotopic (exact) mass is 586 g/mol. The molecule has 0 amide bonds. The Balaban J connectivity index is 1.42. The summed E-state index contributed by atoms with van der Waals surface area (Å²) >= 11 is 0. The van der Waals surface area contributed by atoms with Crippen molar-refractivity contribution in [1.29, 1.82) is 0 Å². The Morgan fingerprint density at radius 3 is 2.19 bits per heavy atom. The van der Waals surface area contributed by atoms with Crippen LogP contribution in [0.2, 0.25) is 0 Å². The number of likely N-dealkylation sites (N-methyl/N-ethyl adjacent to an activating group) is 1. The molecule has 1 aliphatic heterocycles. The number of hydrogen-bond acceptors (Lipinski definition) is 6. The molecule has 7 nitrogen and oxygen atoms in total. The van der Waals surface area contributed by atoms with Crippen molar-refractivity contribution in [1.82, 2.24) is 4.90 Å². The number of sulfonamides is 1. The Morgan fingerprint density at radius 1 is 0.857 bits per heavy atom. The molecule has 220 valence electrons. The van der Waals surface area contributed by atoms with Gasteiger partial charge < -0.3 is 14.6 Å². The number of aliphatic hydroxyl groups excluding tert-OH is 1. The zero-order valence-electron chi connectivity index (χ0n) is 24.1. The third-order valence-corrected chi connectivity index (χ3v) is 9.40. The predicted molar refractivity (Wildman–Crippen MR) is 164 cm³/mol. The maximum Gasteiger partial charge on any atom is 0.261 e. The van der Waals surface area contributed by atoms with Gasteiger partial charge in [-0.1, -0.05) is 91.9 Å². The van der Waals surface area contributed by atoms with Gasteiger partial charge in [0.1, 0.15) is 0 Å². The van der Waals surface area contributed by atoms with Gasteiger partial charge in [-0.3, -0.25) is 9.62 Å². The minimum absolute atomic E-state index is 0.0198. The lowest BCUT2D eigenvalue weighted by molar-refractivity contribution is -0.276. The molecule has 4 aromatic rings. The van der Waals surface area contributed by atoms with Crippen LogP contribution in [0.5, 0.6) is 0 Å². The van der Waals surface area contributed by atoms with Crippen molar-refractivity contribution in [2.24, 2.45) is 5.92 Å². The smallest absolute Gasteiger partial charge is 0.261 e. The number of ether oxygens (including phenoxy) is 2. The molecule has 1 saturated heterocycles. The summed E-state index contributed by atoms with van der Waals surface area (Å²) in [7, 11) is -1.65. The first-order chi connectivity index (χ1) is 20.2. The van der Waals surface area contributed by atoms with Crippen molar-refractivity contribution in [3.8, 4) is 0 Å². The SMILES string of the molecule is C[C@@H]1[C@H](CN(C)[C@@H](C)c2ccccc2)O[C@H](c2cccc(NS(=O)(=O)c3ccccc3)c2)O[C@@H]1c1ccc(CO)cc1. The van der Waals surface area contributed by atoms with Crippen LogP contribution in [0.4, 0.5) is 5.69 Å². The van der Waals surface area contributed by atoms with Crippen LogP contribution in [-0.2, 0) is 26.1 Å². The largest absolute Gasteiger partial charge is 0.392 e. The summed E-state index contributed by atoms with van der Waals surface area (Å²) in [6.07, 6.45) is -1.16. The predicted octanol–water partition coefficient (Wildman–Crippen LogP) is 6.46. The van der Waals surface area contributed by atoms with Crippen LogP contribution in [0.25, 0.3) is 0 Å². The third kappa shape index (κ3) is 6.91. The molecule has 5 rings (SSSR count). The second kappa shape index (κ2) is 13.2. The number of nitrogens with one attached hydrogen (secondary N) is 1.